The molecule has 2 aromatic rings. The Kier molecular flexibility index (Phi) is 4.63. The van der Waals surface area contributed by atoms with Gasteiger partial charge in [-0.1, -0.05) is 42.7 Å². The second-order valence-corrected chi connectivity index (χ2v) is 5.48. The summed E-state index contributed by atoms with van der Waals surface area (Å²) in [6, 6.07) is 9.44. The number of aromatic nitrogens is 3. The number of benzene rings is 1. The quantitative estimate of drug-likeness (QED) is 0.493. The number of carbonyl (C=O) groups excluding carboxylic acids is 1. The molecule has 0 aliphatic heterocycles. The Morgan fingerprint density at radius 1 is 1.18 bits per heavy atom. The molecule has 0 amide bonds. The molecule has 0 saturated heterocycles. The van der Waals surface area contributed by atoms with Crippen LogP contribution < -0.4 is 4.74 Å². The maximum Gasteiger partial charge on any atom is 0.336 e. The van der Waals surface area contributed by atoms with E-state index < -0.39 is 5.97 Å². The van der Waals surface area contributed by atoms with Gasteiger partial charge in [-0.2, -0.15) is 0 Å². The van der Waals surface area contributed by atoms with Crippen molar-refractivity contribution in [3.05, 3.63) is 48.3 Å². The molecule has 0 atom stereocenters. The average molecular weight is 297 g/mol. The van der Waals surface area contributed by atoms with Crippen LogP contribution in [0.3, 0.4) is 0 Å². The standard InChI is InChI=1S/C17H19N3O2/c21-17(22-16-9-5-2-6-10-16)12-11-14-13-20(19-18-14)15-7-3-1-4-8-15/h2,5-6,9-13,15H,1,3-4,7-8H2/b12-11+. The fraction of sp³-hybridized carbons (Fsp3) is 0.353. The lowest BCUT2D eigenvalue weighted by Gasteiger charge is -2.20. The van der Waals surface area contributed by atoms with E-state index in [1.807, 2.05) is 29.1 Å². The maximum atomic E-state index is 11.7. The van der Waals surface area contributed by atoms with Crippen molar-refractivity contribution in [2.75, 3.05) is 0 Å². The van der Waals surface area contributed by atoms with Gasteiger partial charge in [0, 0.05) is 6.08 Å². The van der Waals surface area contributed by atoms with E-state index in [9.17, 15) is 4.79 Å². The van der Waals surface area contributed by atoms with Gasteiger partial charge in [0.15, 0.2) is 0 Å². The van der Waals surface area contributed by atoms with Gasteiger partial charge in [0.05, 0.1) is 12.2 Å². The molecule has 5 nitrogen and oxygen atoms in total. The minimum absolute atomic E-state index is 0.418. The van der Waals surface area contributed by atoms with Crippen molar-refractivity contribution in [1.82, 2.24) is 15.0 Å². The summed E-state index contributed by atoms with van der Waals surface area (Å²) in [5.74, 6) is 0.112. The molecule has 0 radical (unpaired) electrons. The third-order valence-corrected chi connectivity index (χ3v) is 3.83. The molecule has 0 bridgehead atoms. The number of hydrogen-bond donors (Lipinski definition) is 0. The van der Waals surface area contributed by atoms with E-state index >= 15 is 0 Å². The van der Waals surface area contributed by atoms with Crippen LogP contribution in [-0.4, -0.2) is 21.0 Å². The van der Waals surface area contributed by atoms with Gasteiger partial charge in [0.25, 0.3) is 0 Å². The number of hydrogen-bond acceptors (Lipinski definition) is 4. The molecule has 1 heterocycles. The van der Waals surface area contributed by atoms with Crippen molar-refractivity contribution in [3.63, 3.8) is 0 Å². The summed E-state index contributed by atoms with van der Waals surface area (Å²) < 4.78 is 7.10. The second-order valence-electron chi connectivity index (χ2n) is 5.48. The summed E-state index contributed by atoms with van der Waals surface area (Å²) in [7, 11) is 0. The Hall–Kier alpha value is -2.43. The fourth-order valence-corrected chi connectivity index (χ4v) is 2.68. The lowest BCUT2D eigenvalue weighted by molar-refractivity contribution is -0.128. The number of nitrogens with zero attached hydrogens (tertiary/aromatic N) is 3. The van der Waals surface area contributed by atoms with Crippen LogP contribution in [-0.2, 0) is 4.79 Å². The third-order valence-electron chi connectivity index (χ3n) is 3.83. The minimum Gasteiger partial charge on any atom is -0.423 e. The number of ether oxygens (including phenoxy) is 1. The van der Waals surface area contributed by atoms with Crippen molar-refractivity contribution in [3.8, 4) is 5.75 Å². The summed E-state index contributed by atoms with van der Waals surface area (Å²) >= 11 is 0. The Labute approximate surface area is 129 Å². The Balaban J connectivity index is 1.58. The van der Waals surface area contributed by atoms with Crippen LogP contribution in [0.2, 0.25) is 0 Å². The smallest absolute Gasteiger partial charge is 0.336 e. The van der Waals surface area contributed by atoms with Gasteiger partial charge in [-0.3, -0.25) is 0 Å². The number of esters is 1. The van der Waals surface area contributed by atoms with Crippen LogP contribution in [0.25, 0.3) is 6.08 Å². The van der Waals surface area contributed by atoms with Crippen LogP contribution in [0.4, 0.5) is 0 Å². The zero-order chi connectivity index (χ0) is 15.2. The maximum absolute atomic E-state index is 11.7. The summed E-state index contributed by atoms with van der Waals surface area (Å²) in [5, 5.41) is 8.25. The molecule has 1 aromatic heterocycles. The average Bonchev–Trinajstić information content (AvgIpc) is 3.04. The van der Waals surface area contributed by atoms with E-state index in [0.717, 1.165) is 12.8 Å². The molecular weight excluding hydrogens is 278 g/mol. The number of carbonyl (C=O) groups is 1. The van der Waals surface area contributed by atoms with Crippen LogP contribution in [0.15, 0.2) is 42.6 Å². The third kappa shape index (κ3) is 3.81. The van der Waals surface area contributed by atoms with E-state index in [0.29, 0.717) is 17.5 Å². The van der Waals surface area contributed by atoms with Gasteiger partial charge < -0.3 is 4.74 Å². The molecule has 0 N–H and O–H groups in total. The predicted octanol–water partition coefficient (Wildman–Crippen LogP) is 3.40. The molecule has 1 aromatic carbocycles. The molecular formula is C17H19N3O2. The highest BCUT2D eigenvalue weighted by Crippen LogP contribution is 2.27. The first-order valence-corrected chi connectivity index (χ1v) is 7.68. The van der Waals surface area contributed by atoms with Crippen molar-refractivity contribution in [1.29, 1.82) is 0 Å². The lowest BCUT2D eigenvalue weighted by Crippen LogP contribution is -2.13. The van der Waals surface area contributed by atoms with Crippen LogP contribution in [0.5, 0.6) is 5.75 Å². The zero-order valence-corrected chi connectivity index (χ0v) is 12.4. The van der Waals surface area contributed by atoms with E-state index in [1.165, 1.54) is 25.3 Å². The first kappa shape index (κ1) is 14.5. The molecule has 0 spiro atoms. The Morgan fingerprint density at radius 2 is 1.95 bits per heavy atom. The van der Waals surface area contributed by atoms with Crippen LogP contribution in [0.1, 0.15) is 43.8 Å². The molecule has 3 rings (SSSR count). The van der Waals surface area contributed by atoms with E-state index in [-0.39, 0.29) is 0 Å². The summed E-state index contributed by atoms with van der Waals surface area (Å²) in [5.41, 5.74) is 0.676. The first-order valence-electron chi connectivity index (χ1n) is 7.68. The topological polar surface area (TPSA) is 57.0 Å². The predicted molar refractivity (Wildman–Crippen MR) is 83.3 cm³/mol. The molecule has 0 unspecified atom stereocenters. The van der Waals surface area contributed by atoms with E-state index in [2.05, 4.69) is 10.3 Å². The van der Waals surface area contributed by atoms with Crippen molar-refractivity contribution in [2.24, 2.45) is 0 Å². The van der Waals surface area contributed by atoms with E-state index in [1.54, 1.807) is 18.2 Å². The molecule has 1 fully saturated rings. The van der Waals surface area contributed by atoms with Crippen molar-refractivity contribution >= 4 is 12.0 Å². The first-order chi connectivity index (χ1) is 10.8. The highest BCUT2D eigenvalue weighted by atomic mass is 16.5. The van der Waals surface area contributed by atoms with E-state index in [4.69, 9.17) is 4.74 Å². The van der Waals surface area contributed by atoms with Gasteiger partial charge in [0.1, 0.15) is 11.4 Å². The minimum atomic E-state index is -0.418. The SMILES string of the molecule is O=C(/C=C/c1cn(C2CCCCC2)nn1)Oc1ccccc1. The molecule has 22 heavy (non-hydrogen) atoms. The molecule has 1 aliphatic carbocycles. The highest BCUT2D eigenvalue weighted by Gasteiger charge is 2.16. The monoisotopic (exact) mass is 297 g/mol. The summed E-state index contributed by atoms with van der Waals surface area (Å²) in [4.78, 5) is 11.7. The van der Waals surface area contributed by atoms with Gasteiger partial charge >= 0.3 is 5.97 Å². The summed E-state index contributed by atoms with van der Waals surface area (Å²) in [6.45, 7) is 0. The molecule has 5 heteroatoms. The lowest BCUT2D eigenvalue weighted by atomic mass is 9.96. The normalized spacial score (nSPS) is 16.0. The summed E-state index contributed by atoms with van der Waals surface area (Å²) in [6.07, 6.45) is 11.0. The Morgan fingerprint density at radius 3 is 2.73 bits per heavy atom. The second kappa shape index (κ2) is 7.02. The fourth-order valence-electron chi connectivity index (χ4n) is 2.68. The van der Waals surface area contributed by atoms with Crippen molar-refractivity contribution < 1.29 is 9.53 Å². The largest absolute Gasteiger partial charge is 0.423 e. The van der Waals surface area contributed by atoms with Gasteiger partial charge in [0.2, 0.25) is 0 Å². The number of rotatable bonds is 4. The molecule has 1 saturated carbocycles. The zero-order valence-electron chi connectivity index (χ0n) is 12.4. The van der Waals surface area contributed by atoms with Crippen LogP contribution >= 0.6 is 0 Å². The Bertz CT molecular complexity index is 643. The highest BCUT2D eigenvalue weighted by molar-refractivity contribution is 5.88. The number of para-hydroxylation sites is 1. The van der Waals surface area contributed by atoms with Gasteiger partial charge in [-0.05, 0) is 31.1 Å². The van der Waals surface area contributed by atoms with Crippen LogP contribution in [0, 0.1) is 0 Å². The van der Waals surface area contributed by atoms with Crippen molar-refractivity contribution in [2.45, 2.75) is 38.1 Å². The van der Waals surface area contributed by atoms with Gasteiger partial charge in [-0.25, -0.2) is 9.48 Å². The van der Waals surface area contributed by atoms with Gasteiger partial charge in [-0.15, -0.1) is 5.10 Å². The molecule has 1 aliphatic rings. The molecule has 114 valence electrons.